The Kier molecular flexibility index (Phi) is 13.3. The van der Waals surface area contributed by atoms with Crippen molar-refractivity contribution in [1.29, 1.82) is 0 Å². The molecular formula is C44H74O8. The Morgan fingerprint density at radius 3 is 1.06 bits per heavy atom. The SMILES string of the molecule is C=C(C)C(=O)OC12CC3(OCCCC4(CCCC)CCO4)CC(OCCCC4(CCCC)CCO4)(CC(OCCCC4(CCCC)CCO4)(C3)C1)C2. The van der Waals surface area contributed by atoms with E-state index in [4.69, 9.17) is 33.2 Å². The molecule has 298 valence electrons. The highest BCUT2D eigenvalue weighted by Crippen LogP contribution is 2.66. The average molecular weight is 731 g/mol. The molecule has 3 aliphatic heterocycles. The second-order valence-electron chi connectivity index (χ2n) is 18.5. The van der Waals surface area contributed by atoms with E-state index in [1.807, 2.05) is 0 Å². The molecule has 0 N–H and O–H groups in total. The summed E-state index contributed by atoms with van der Waals surface area (Å²) >= 11 is 0. The zero-order valence-electron chi connectivity index (χ0n) is 33.7. The van der Waals surface area contributed by atoms with Crippen LogP contribution in [0.3, 0.4) is 0 Å². The van der Waals surface area contributed by atoms with Gasteiger partial charge in [-0.05, 0) is 84.0 Å². The van der Waals surface area contributed by atoms with Crippen molar-refractivity contribution in [2.75, 3.05) is 39.6 Å². The summed E-state index contributed by atoms with van der Waals surface area (Å²) in [6.07, 6.45) is 24.6. The smallest absolute Gasteiger partial charge is 0.333 e. The minimum atomic E-state index is -0.705. The summed E-state index contributed by atoms with van der Waals surface area (Å²) in [6.45, 7) is 17.1. The first-order chi connectivity index (χ1) is 25.0. The lowest BCUT2D eigenvalue weighted by Gasteiger charge is -2.68. The van der Waals surface area contributed by atoms with Gasteiger partial charge >= 0.3 is 5.97 Å². The van der Waals surface area contributed by atoms with Gasteiger partial charge in [0, 0.05) is 63.9 Å². The molecule has 3 saturated heterocycles. The Labute approximate surface area is 316 Å². The molecular weight excluding hydrogens is 656 g/mol. The van der Waals surface area contributed by atoms with Crippen LogP contribution < -0.4 is 0 Å². The highest BCUT2D eigenvalue weighted by Gasteiger charge is 2.72. The molecule has 0 aromatic carbocycles. The van der Waals surface area contributed by atoms with Crippen LogP contribution in [0.25, 0.3) is 0 Å². The number of unbranched alkanes of at least 4 members (excludes halogenated alkanes) is 3. The van der Waals surface area contributed by atoms with Crippen LogP contribution in [0.1, 0.15) is 182 Å². The van der Waals surface area contributed by atoms with E-state index >= 15 is 0 Å². The molecule has 8 heteroatoms. The molecule has 0 radical (unpaired) electrons. The third-order valence-electron chi connectivity index (χ3n) is 13.9. The van der Waals surface area contributed by atoms with E-state index in [1.165, 1.54) is 38.5 Å². The normalized spacial score (nSPS) is 38.8. The Balaban J connectivity index is 1.18. The van der Waals surface area contributed by atoms with E-state index in [1.54, 1.807) is 6.92 Å². The highest BCUT2D eigenvalue weighted by atomic mass is 16.6. The summed E-state index contributed by atoms with van der Waals surface area (Å²) in [5, 5.41) is 0. The maximum atomic E-state index is 13.3. The van der Waals surface area contributed by atoms with Gasteiger partial charge < -0.3 is 33.2 Å². The Bertz CT molecular complexity index is 1050. The van der Waals surface area contributed by atoms with E-state index in [0.29, 0.717) is 44.7 Å². The molecule has 7 aliphatic rings. The predicted octanol–water partition coefficient (Wildman–Crippen LogP) is 9.88. The number of rotatable bonds is 26. The van der Waals surface area contributed by atoms with Crippen LogP contribution >= 0.6 is 0 Å². The van der Waals surface area contributed by atoms with Crippen molar-refractivity contribution in [3.8, 4) is 0 Å². The lowest BCUT2D eigenvalue weighted by atomic mass is 9.48. The second kappa shape index (κ2) is 17.0. The molecule has 8 nitrogen and oxygen atoms in total. The second-order valence-corrected chi connectivity index (χ2v) is 18.5. The number of hydrogen-bond donors (Lipinski definition) is 0. The molecule has 3 unspecified atom stereocenters. The summed E-state index contributed by atoms with van der Waals surface area (Å²) in [4.78, 5) is 13.3. The summed E-state index contributed by atoms with van der Waals surface area (Å²) in [5.41, 5.74) is -1.59. The number of carbonyl (C=O) groups excluding carboxylic acids is 1. The first-order valence-electron chi connectivity index (χ1n) is 21.7. The first kappa shape index (κ1) is 40.6. The van der Waals surface area contributed by atoms with Gasteiger partial charge in [0.1, 0.15) is 5.60 Å². The lowest BCUT2D eigenvalue weighted by molar-refractivity contribution is -0.328. The first-order valence-corrected chi connectivity index (χ1v) is 21.7. The quantitative estimate of drug-likeness (QED) is 0.0495. The van der Waals surface area contributed by atoms with Gasteiger partial charge in [-0.15, -0.1) is 0 Å². The summed E-state index contributed by atoms with van der Waals surface area (Å²) in [7, 11) is 0. The molecule has 3 atom stereocenters. The van der Waals surface area contributed by atoms with Crippen LogP contribution in [0, 0.1) is 0 Å². The van der Waals surface area contributed by atoms with E-state index in [-0.39, 0.29) is 22.8 Å². The van der Waals surface area contributed by atoms with Gasteiger partial charge in [0.05, 0.1) is 53.4 Å². The fourth-order valence-corrected chi connectivity index (χ4v) is 11.4. The summed E-state index contributed by atoms with van der Waals surface area (Å²) in [6, 6.07) is 0. The minimum Gasteiger partial charge on any atom is -0.455 e. The minimum absolute atomic E-state index is 0.0328. The molecule has 4 saturated carbocycles. The molecule has 0 spiro atoms. The van der Waals surface area contributed by atoms with Crippen molar-refractivity contribution < 1.29 is 38.0 Å². The molecule has 4 bridgehead atoms. The van der Waals surface area contributed by atoms with Gasteiger partial charge in [0.15, 0.2) is 0 Å². The fraction of sp³-hybridized carbons (Fsp3) is 0.932. The van der Waals surface area contributed by atoms with Gasteiger partial charge in [-0.25, -0.2) is 4.79 Å². The molecule has 52 heavy (non-hydrogen) atoms. The van der Waals surface area contributed by atoms with Crippen molar-refractivity contribution in [1.82, 2.24) is 0 Å². The third kappa shape index (κ3) is 9.32. The average Bonchev–Trinajstić information content (AvgIpc) is 3.04. The van der Waals surface area contributed by atoms with Crippen molar-refractivity contribution in [2.45, 2.75) is 221 Å². The van der Waals surface area contributed by atoms with Crippen molar-refractivity contribution in [2.24, 2.45) is 0 Å². The number of esters is 1. The molecule has 0 aromatic rings. The maximum Gasteiger partial charge on any atom is 0.333 e. The molecule has 4 aliphatic carbocycles. The molecule has 3 heterocycles. The monoisotopic (exact) mass is 731 g/mol. The van der Waals surface area contributed by atoms with E-state index in [2.05, 4.69) is 27.4 Å². The largest absolute Gasteiger partial charge is 0.455 e. The van der Waals surface area contributed by atoms with Crippen LogP contribution in [-0.4, -0.2) is 84.8 Å². The summed E-state index contributed by atoms with van der Waals surface area (Å²) < 4.78 is 46.4. The van der Waals surface area contributed by atoms with Gasteiger partial charge in [-0.2, -0.15) is 0 Å². The topological polar surface area (TPSA) is 81.7 Å². The van der Waals surface area contributed by atoms with E-state index in [0.717, 1.165) is 116 Å². The van der Waals surface area contributed by atoms with Crippen LogP contribution in [0.2, 0.25) is 0 Å². The predicted molar refractivity (Wildman–Crippen MR) is 204 cm³/mol. The fourth-order valence-electron chi connectivity index (χ4n) is 11.4. The Morgan fingerprint density at radius 1 is 0.519 bits per heavy atom. The van der Waals surface area contributed by atoms with Gasteiger partial charge in [0.2, 0.25) is 0 Å². The van der Waals surface area contributed by atoms with Crippen molar-refractivity contribution >= 4 is 5.97 Å². The zero-order chi connectivity index (χ0) is 36.8. The molecule has 0 amide bonds. The van der Waals surface area contributed by atoms with Crippen LogP contribution in [0.5, 0.6) is 0 Å². The lowest BCUT2D eigenvalue weighted by Crippen LogP contribution is -2.74. The van der Waals surface area contributed by atoms with Crippen molar-refractivity contribution in [3.63, 3.8) is 0 Å². The van der Waals surface area contributed by atoms with Crippen LogP contribution in [0.15, 0.2) is 12.2 Å². The number of carbonyl (C=O) groups is 1. The van der Waals surface area contributed by atoms with E-state index < -0.39 is 22.4 Å². The Morgan fingerprint density at radius 2 is 0.808 bits per heavy atom. The van der Waals surface area contributed by atoms with Crippen LogP contribution in [0.4, 0.5) is 0 Å². The Hall–Kier alpha value is -1.03. The standard InChI is InChI=1S/C44H74O8/c1-6-9-15-38(21-27-49-38)18-12-24-46-41-30-42(47-25-13-19-39(16-10-7-2)22-28-50-39)32-43(31-41,35-44(33-41,34-42)52-37(45)36(4)5)48-26-14-20-40(17-11-8-3)23-29-51-40/h4,6-35H2,1-3,5H3. The highest BCUT2D eigenvalue weighted by molar-refractivity contribution is 5.87. The number of hydrogen-bond acceptors (Lipinski definition) is 8. The van der Waals surface area contributed by atoms with Gasteiger partial charge in [-0.1, -0.05) is 65.9 Å². The third-order valence-corrected chi connectivity index (χ3v) is 13.9. The maximum absolute atomic E-state index is 13.3. The van der Waals surface area contributed by atoms with Gasteiger partial charge in [-0.3, -0.25) is 0 Å². The molecule has 7 rings (SSSR count). The molecule has 0 aromatic heterocycles. The van der Waals surface area contributed by atoms with Gasteiger partial charge in [0.25, 0.3) is 0 Å². The zero-order valence-corrected chi connectivity index (χ0v) is 33.7. The van der Waals surface area contributed by atoms with E-state index in [9.17, 15) is 4.79 Å². The van der Waals surface area contributed by atoms with Crippen molar-refractivity contribution in [3.05, 3.63) is 12.2 Å². The van der Waals surface area contributed by atoms with Crippen LogP contribution in [-0.2, 0) is 38.0 Å². The summed E-state index contributed by atoms with van der Waals surface area (Å²) in [5.74, 6) is -0.317. The number of ether oxygens (including phenoxy) is 7. The molecule has 7 fully saturated rings.